The van der Waals surface area contributed by atoms with Gasteiger partial charge in [0.25, 0.3) is 0 Å². The molecule has 1 saturated heterocycles. The average molecular weight is 512 g/mol. The van der Waals surface area contributed by atoms with Crippen molar-refractivity contribution in [1.82, 2.24) is 4.90 Å². The maximum atomic E-state index is 13.1. The van der Waals surface area contributed by atoms with Crippen LogP contribution in [-0.2, 0) is 17.3 Å². The molecule has 0 bridgehead atoms. The molecule has 3 aromatic rings. The summed E-state index contributed by atoms with van der Waals surface area (Å²) < 4.78 is 50.2. The number of phenols is 1. The number of rotatable bonds is 9. The summed E-state index contributed by atoms with van der Waals surface area (Å²) in [5, 5.41) is 10.4. The van der Waals surface area contributed by atoms with E-state index in [9.17, 15) is 23.1 Å². The molecule has 1 aliphatic heterocycles. The van der Waals surface area contributed by atoms with E-state index in [1.165, 1.54) is 37.1 Å². The smallest absolute Gasteiger partial charge is 0.416 e. The Hall–Kier alpha value is -3.78. The molecule has 0 saturated carbocycles. The Morgan fingerprint density at radius 1 is 1.14 bits per heavy atom. The van der Waals surface area contributed by atoms with Gasteiger partial charge in [0.1, 0.15) is 11.3 Å². The van der Waals surface area contributed by atoms with Crippen LogP contribution >= 0.6 is 0 Å². The van der Waals surface area contributed by atoms with Crippen LogP contribution in [0.1, 0.15) is 24.0 Å². The summed E-state index contributed by atoms with van der Waals surface area (Å²) in [7, 11) is 0. The SMILES string of the molecule is C=CC(=CC=COCCN1CCCC1)Cc1c(-c2ccc(C(F)(F)F)cc2)c(=O)oc2cc(O)ccc12. The maximum absolute atomic E-state index is 13.1. The van der Waals surface area contributed by atoms with Gasteiger partial charge in [0.2, 0.25) is 0 Å². The van der Waals surface area contributed by atoms with Crippen molar-refractivity contribution in [2.75, 3.05) is 26.2 Å². The molecule has 194 valence electrons. The number of alkyl halides is 3. The number of likely N-dealkylation sites (tertiary alicyclic amines) is 1. The molecule has 5 nitrogen and oxygen atoms in total. The van der Waals surface area contributed by atoms with Crippen LogP contribution in [0.4, 0.5) is 13.2 Å². The minimum absolute atomic E-state index is 0.0719. The van der Waals surface area contributed by atoms with Gasteiger partial charge in [-0.25, -0.2) is 4.79 Å². The second kappa shape index (κ2) is 11.5. The van der Waals surface area contributed by atoms with E-state index in [0.29, 0.717) is 23.1 Å². The summed E-state index contributed by atoms with van der Waals surface area (Å²) in [6.07, 6.45) is 5.01. The van der Waals surface area contributed by atoms with Crippen molar-refractivity contribution in [1.29, 1.82) is 0 Å². The zero-order valence-electron chi connectivity index (χ0n) is 20.3. The number of halogens is 3. The van der Waals surface area contributed by atoms with Crippen molar-refractivity contribution < 1.29 is 27.4 Å². The van der Waals surface area contributed by atoms with Gasteiger partial charge in [-0.05, 0) is 79.4 Å². The first-order chi connectivity index (χ1) is 17.8. The standard InChI is InChI=1S/C29H28F3NO4/c1-2-20(6-5-16-36-17-15-33-13-3-4-14-33)18-25-24-12-11-23(34)19-26(24)37-28(35)27(25)21-7-9-22(10-8-21)29(30,31)32/h2,5-12,16,19,34H,1,3-4,13-15,17-18H2. The largest absolute Gasteiger partial charge is 0.508 e. The van der Waals surface area contributed by atoms with Gasteiger partial charge < -0.3 is 14.3 Å². The predicted octanol–water partition coefficient (Wildman–Crippen LogP) is 6.47. The third kappa shape index (κ3) is 6.51. The highest BCUT2D eigenvalue weighted by atomic mass is 19.4. The summed E-state index contributed by atoms with van der Waals surface area (Å²) >= 11 is 0. The monoisotopic (exact) mass is 511 g/mol. The molecule has 0 amide bonds. The second-order valence-electron chi connectivity index (χ2n) is 8.87. The van der Waals surface area contributed by atoms with Crippen LogP contribution < -0.4 is 5.63 Å². The lowest BCUT2D eigenvalue weighted by Gasteiger charge is -2.14. The number of hydrogen-bond acceptors (Lipinski definition) is 5. The van der Waals surface area contributed by atoms with Gasteiger partial charge in [0, 0.05) is 18.0 Å². The van der Waals surface area contributed by atoms with Gasteiger partial charge in [0.05, 0.1) is 24.0 Å². The lowest BCUT2D eigenvalue weighted by Crippen LogP contribution is -2.23. The number of phenolic OH excluding ortho intramolecular Hbond substituents is 1. The summed E-state index contributed by atoms with van der Waals surface area (Å²) in [5.41, 5.74) is 0.431. The van der Waals surface area contributed by atoms with Crippen molar-refractivity contribution in [3.63, 3.8) is 0 Å². The van der Waals surface area contributed by atoms with Crippen molar-refractivity contribution >= 4 is 11.0 Å². The van der Waals surface area contributed by atoms with E-state index in [-0.39, 0.29) is 23.3 Å². The molecule has 37 heavy (non-hydrogen) atoms. The molecule has 1 aromatic heterocycles. The lowest BCUT2D eigenvalue weighted by molar-refractivity contribution is -0.137. The molecule has 0 spiro atoms. The fraction of sp³-hybridized carbons (Fsp3) is 0.276. The van der Waals surface area contributed by atoms with E-state index in [4.69, 9.17) is 9.15 Å². The number of allylic oxidation sites excluding steroid dienone is 4. The number of aromatic hydroxyl groups is 1. The predicted molar refractivity (Wildman–Crippen MR) is 137 cm³/mol. The van der Waals surface area contributed by atoms with E-state index in [0.717, 1.165) is 37.3 Å². The topological polar surface area (TPSA) is 62.9 Å². The Labute approximate surface area is 212 Å². The first-order valence-electron chi connectivity index (χ1n) is 12.0. The van der Waals surface area contributed by atoms with E-state index in [2.05, 4.69) is 11.5 Å². The zero-order valence-corrected chi connectivity index (χ0v) is 20.3. The Morgan fingerprint density at radius 2 is 1.86 bits per heavy atom. The lowest BCUT2D eigenvalue weighted by atomic mass is 9.92. The summed E-state index contributed by atoms with van der Waals surface area (Å²) in [4.78, 5) is 15.4. The van der Waals surface area contributed by atoms with Crippen molar-refractivity contribution in [3.05, 3.63) is 101 Å². The van der Waals surface area contributed by atoms with Crippen molar-refractivity contribution in [3.8, 4) is 16.9 Å². The Balaban J connectivity index is 1.64. The van der Waals surface area contributed by atoms with Crippen LogP contribution in [-0.4, -0.2) is 36.2 Å². The maximum Gasteiger partial charge on any atom is 0.416 e. The van der Waals surface area contributed by atoms with Gasteiger partial charge in [0.15, 0.2) is 0 Å². The van der Waals surface area contributed by atoms with E-state index >= 15 is 0 Å². The highest BCUT2D eigenvalue weighted by Gasteiger charge is 2.30. The molecule has 1 N–H and O–H groups in total. The minimum atomic E-state index is -4.49. The molecule has 0 aliphatic carbocycles. The molecule has 1 aliphatic rings. The van der Waals surface area contributed by atoms with E-state index in [1.807, 2.05) is 0 Å². The van der Waals surface area contributed by atoms with Gasteiger partial charge in [-0.15, -0.1) is 0 Å². The normalized spacial score (nSPS) is 15.1. The zero-order chi connectivity index (χ0) is 26.4. The molecule has 0 radical (unpaired) electrons. The molecule has 0 unspecified atom stereocenters. The first kappa shape index (κ1) is 26.3. The van der Waals surface area contributed by atoms with Crippen molar-refractivity contribution in [2.24, 2.45) is 0 Å². The van der Waals surface area contributed by atoms with Crippen LogP contribution in [0.3, 0.4) is 0 Å². The van der Waals surface area contributed by atoms with Crippen LogP contribution in [0, 0.1) is 0 Å². The highest BCUT2D eigenvalue weighted by Crippen LogP contribution is 2.34. The third-order valence-corrected chi connectivity index (χ3v) is 6.35. The van der Waals surface area contributed by atoms with E-state index < -0.39 is 17.4 Å². The first-order valence-corrected chi connectivity index (χ1v) is 12.0. The third-order valence-electron chi connectivity index (χ3n) is 6.35. The van der Waals surface area contributed by atoms with Crippen molar-refractivity contribution in [2.45, 2.75) is 25.4 Å². The minimum Gasteiger partial charge on any atom is -0.508 e. The molecule has 0 atom stereocenters. The molecule has 2 aromatic carbocycles. The molecular weight excluding hydrogens is 483 g/mol. The Bertz CT molecular complexity index is 1360. The van der Waals surface area contributed by atoms with Crippen LogP contribution in [0.15, 0.2) is 88.3 Å². The fourth-order valence-corrected chi connectivity index (χ4v) is 4.43. The van der Waals surface area contributed by atoms with Gasteiger partial charge in [-0.1, -0.05) is 30.9 Å². The number of hydrogen-bond donors (Lipinski definition) is 1. The fourth-order valence-electron chi connectivity index (χ4n) is 4.43. The van der Waals surface area contributed by atoms with Crippen LogP contribution in [0.5, 0.6) is 5.75 Å². The summed E-state index contributed by atoms with van der Waals surface area (Å²) in [6.45, 7) is 7.53. The Kier molecular flexibility index (Phi) is 8.18. The molecular formula is C29H28F3NO4. The van der Waals surface area contributed by atoms with Crippen LogP contribution in [0.2, 0.25) is 0 Å². The Morgan fingerprint density at radius 3 is 2.54 bits per heavy atom. The van der Waals surface area contributed by atoms with Gasteiger partial charge in [-0.2, -0.15) is 13.2 Å². The summed E-state index contributed by atoms with van der Waals surface area (Å²) in [5.74, 6) is -0.0719. The molecule has 1 fully saturated rings. The van der Waals surface area contributed by atoms with Gasteiger partial charge in [-0.3, -0.25) is 4.90 Å². The number of fused-ring (bicyclic) bond motifs is 1. The molecule has 4 rings (SSSR count). The number of nitrogens with zero attached hydrogens (tertiary/aromatic N) is 1. The average Bonchev–Trinajstić information content (AvgIpc) is 3.38. The molecule has 8 heteroatoms. The number of benzene rings is 2. The van der Waals surface area contributed by atoms with Gasteiger partial charge >= 0.3 is 11.8 Å². The van der Waals surface area contributed by atoms with E-state index in [1.54, 1.807) is 30.6 Å². The van der Waals surface area contributed by atoms with Crippen LogP contribution in [0.25, 0.3) is 22.1 Å². The highest BCUT2D eigenvalue weighted by molar-refractivity contribution is 5.88. The summed E-state index contributed by atoms with van der Waals surface area (Å²) in [6, 6.07) is 8.81. The second-order valence-corrected chi connectivity index (χ2v) is 8.87. The number of ether oxygens (including phenoxy) is 1. The quantitative estimate of drug-likeness (QED) is 0.155. The molecule has 2 heterocycles.